The first-order chi connectivity index (χ1) is 6.64. The Balaban J connectivity index is 4.50. The van der Waals surface area contributed by atoms with Gasteiger partial charge in [-0.1, -0.05) is 6.08 Å². The van der Waals surface area contributed by atoms with Crippen molar-refractivity contribution in [2.75, 3.05) is 21.3 Å². The van der Waals surface area contributed by atoms with Crippen LogP contribution in [0.3, 0.4) is 0 Å². The minimum absolute atomic E-state index is 0.115. The van der Waals surface area contributed by atoms with Gasteiger partial charge in [-0.05, 0) is 24.8 Å². The monoisotopic (exact) mass is 216 g/mol. The van der Waals surface area contributed by atoms with Crippen LogP contribution in [0.25, 0.3) is 0 Å². The summed E-state index contributed by atoms with van der Waals surface area (Å²) in [5.41, 5.74) is 1.55. The average molecular weight is 216 g/mol. The fourth-order valence-electron chi connectivity index (χ4n) is 0.858. The second-order valence-electron chi connectivity index (χ2n) is 2.45. The van der Waals surface area contributed by atoms with Gasteiger partial charge in [-0.25, -0.2) is 0 Å². The van der Waals surface area contributed by atoms with Crippen LogP contribution in [-0.2, 0) is 18.1 Å². The van der Waals surface area contributed by atoms with Gasteiger partial charge >= 0.3 is 8.80 Å². The van der Waals surface area contributed by atoms with Crippen LogP contribution in [0.2, 0.25) is 0 Å². The molecule has 80 valence electrons. The molecule has 0 radical (unpaired) electrons. The zero-order valence-corrected chi connectivity index (χ0v) is 9.94. The molecule has 14 heavy (non-hydrogen) atoms. The van der Waals surface area contributed by atoms with Gasteiger partial charge in [0, 0.05) is 21.3 Å². The van der Waals surface area contributed by atoms with Crippen LogP contribution in [0.4, 0.5) is 0 Å². The van der Waals surface area contributed by atoms with Crippen molar-refractivity contribution in [3.8, 4) is 0 Å². The predicted octanol–water partition coefficient (Wildman–Crippen LogP) is 1.11. The molecule has 0 atom stereocenters. The van der Waals surface area contributed by atoms with Crippen molar-refractivity contribution < 1.29 is 18.1 Å². The highest BCUT2D eigenvalue weighted by Crippen LogP contribution is 2.07. The molecule has 0 saturated carbocycles. The Hall–Kier alpha value is -0.753. The van der Waals surface area contributed by atoms with E-state index in [1.54, 1.807) is 18.7 Å². The van der Waals surface area contributed by atoms with Crippen molar-refractivity contribution in [2.45, 2.75) is 6.92 Å². The van der Waals surface area contributed by atoms with E-state index < -0.39 is 8.80 Å². The quantitative estimate of drug-likeness (QED) is 0.493. The van der Waals surface area contributed by atoms with Gasteiger partial charge in [0.15, 0.2) is 5.78 Å². The second-order valence-corrected chi connectivity index (χ2v) is 5.22. The minimum Gasteiger partial charge on any atom is -0.374 e. The Kier molecular flexibility index (Phi) is 6.31. The maximum Gasteiger partial charge on any atom is 0.528 e. The van der Waals surface area contributed by atoms with Crippen LogP contribution in [0.5, 0.6) is 0 Å². The van der Waals surface area contributed by atoms with E-state index in [2.05, 4.69) is 0 Å². The first-order valence-electron chi connectivity index (χ1n) is 4.15. The molecule has 0 aromatic carbocycles. The highest BCUT2D eigenvalue weighted by atomic mass is 28.4. The molecule has 0 aromatic rings. The summed E-state index contributed by atoms with van der Waals surface area (Å²) in [7, 11) is 1.72. The summed E-state index contributed by atoms with van der Waals surface area (Å²) in [6, 6.07) is 0. The number of allylic oxidation sites excluding steroid dienone is 3. The molecule has 0 aliphatic rings. The summed E-state index contributed by atoms with van der Waals surface area (Å²) in [5, 5.41) is 0. The molecular formula is C9H16O4Si. The van der Waals surface area contributed by atoms with Crippen molar-refractivity contribution in [1.29, 1.82) is 0 Å². The third-order valence-electron chi connectivity index (χ3n) is 1.64. The van der Waals surface area contributed by atoms with Crippen molar-refractivity contribution in [3.63, 3.8) is 0 Å². The van der Waals surface area contributed by atoms with E-state index in [4.69, 9.17) is 13.3 Å². The number of rotatable bonds is 6. The van der Waals surface area contributed by atoms with E-state index in [1.807, 2.05) is 0 Å². The largest absolute Gasteiger partial charge is 0.528 e. The van der Waals surface area contributed by atoms with Gasteiger partial charge in [-0.2, -0.15) is 0 Å². The lowest BCUT2D eigenvalue weighted by atomic mass is 10.3. The lowest BCUT2D eigenvalue weighted by Gasteiger charge is -2.19. The molecule has 0 spiro atoms. The van der Waals surface area contributed by atoms with E-state index in [9.17, 15) is 4.79 Å². The van der Waals surface area contributed by atoms with Gasteiger partial charge in [-0.15, -0.1) is 0 Å². The molecule has 0 heterocycles. The number of carbonyl (C=O) groups excluding carboxylic acids is 1. The molecule has 5 heteroatoms. The van der Waals surface area contributed by atoms with Crippen LogP contribution < -0.4 is 0 Å². The van der Waals surface area contributed by atoms with Crippen LogP contribution in [0.15, 0.2) is 23.9 Å². The van der Waals surface area contributed by atoms with Crippen molar-refractivity contribution >= 4 is 14.6 Å². The molecule has 0 fully saturated rings. The summed E-state index contributed by atoms with van der Waals surface area (Å²) in [6.07, 6.45) is 4.52. The number of hydrogen-bond donors (Lipinski definition) is 0. The van der Waals surface area contributed by atoms with Gasteiger partial charge < -0.3 is 13.3 Å². The molecule has 0 unspecified atom stereocenters. The van der Waals surface area contributed by atoms with E-state index in [0.29, 0.717) is 0 Å². The zero-order chi connectivity index (χ0) is 11.0. The Bertz CT molecular complexity index is 223. The first-order valence-corrected chi connectivity index (χ1v) is 5.95. The Morgan fingerprint density at radius 2 is 1.57 bits per heavy atom. The highest BCUT2D eigenvalue weighted by Gasteiger charge is 2.34. The Morgan fingerprint density at radius 3 is 1.93 bits per heavy atom. The maximum atomic E-state index is 11.1. The van der Waals surface area contributed by atoms with Crippen molar-refractivity contribution in [2.24, 2.45) is 0 Å². The minimum atomic E-state index is -2.74. The second kappa shape index (κ2) is 6.66. The van der Waals surface area contributed by atoms with Crippen molar-refractivity contribution in [3.05, 3.63) is 23.9 Å². The van der Waals surface area contributed by atoms with Gasteiger partial charge in [0.1, 0.15) is 0 Å². The van der Waals surface area contributed by atoms with Gasteiger partial charge in [0.25, 0.3) is 0 Å². The summed E-state index contributed by atoms with van der Waals surface area (Å²) in [5.74, 6) is -0.115. The molecule has 4 nitrogen and oxygen atoms in total. The topological polar surface area (TPSA) is 44.8 Å². The first kappa shape index (κ1) is 13.2. The molecule has 0 aliphatic heterocycles. The van der Waals surface area contributed by atoms with Crippen LogP contribution in [-0.4, -0.2) is 35.9 Å². The van der Waals surface area contributed by atoms with Crippen LogP contribution in [0, 0.1) is 0 Å². The van der Waals surface area contributed by atoms with Gasteiger partial charge in [0.05, 0.1) is 0 Å². The molecule has 0 bridgehead atoms. The Labute approximate surface area is 85.5 Å². The molecule has 0 saturated heterocycles. The molecule has 0 aromatic heterocycles. The number of ketones is 1. The van der Waals surface area contributed by atoms with E-state index >= 15 is 0 Å². The van der Waals surface area contributed by atoms with Crippen molar-refractivity contribution in [1.82, 2.24) is 0 Å². The Morgan fingerprint density at radius 1 is 1.07 bits per heavy atom. The lowest BCUT2D eigenvalue weighted by molar-refractivity contribution is -0.110. The third-order valence-corrected chi connectivity index (χ3v) is 3.92. The summed E-state index contributed by atoms with van der Waals surface area (Å²) in [4.78, 5) is 11.1. The fourth-order valence-corrected chi connectivity index (χ4v) is 2.13. The number of hydrogen-bond acceptors (Lipinski definition) is 4. The molecule has 0 aliphatic carbocycles. The van der Waals surface area contributed by atoms with Gasteiger partial charge in [0.2, 0.25) is 0 Å². The molecule has 0 amide bonds. The molecule has 0 N–H and O–H groups in total. The summed E-state index contributed by atoms with van der Waals surface area (Å²) in [6.45, 7) is 1.78. The highest BCUT2D eigenvalue weighted by molar-refractivity contribution is 6.66. The molecule has 0 rings (SSSR count). The normalized spacial score (nSPS) is 12.9. The van der Waals surface area contributed by atoms with Crippen LogP contribution in [0.1, 0.15) is 6.92 Å². The fraction of sp³-hybridized carbons (Fsp3) is 0.444. The third kappa shape index (κ3) is 3.97. The maximum absolute atomic E-state index is 11.1. The number of carbonyl (C=O) groups is 1. The van der Waals surface area contributed by atoms with Gasteiger partial charge in [-0.3, -0.25) is 4.79 Å². The van der Waals surface area contributed by atoms with Crippen LogP contribution >= 0.6 is 0 Å². The van der Waals surface area contributed by atoms with E-state index in [0.717, 1.165) is 0 Å². The predicted molar refractivity (Wildman–Crippen MR) is 55.7 cm³/mol. The van der Waals surface area contributed by atoms with E-state index in [1.165, 1.54) is 33.5 Å². The SMILES string of the molecule is CC=CC(=O)C=C[Si](OC)(OC)OC. The smallest absolute Gasteiger partial charge is 0.374 e. The lowest BCUT2D eigenvalue weighted by Crippen LogP contribution is -2.41. The zero-order valence-electron chi connectivity index (χ0n) is 8.94. The standard InChI is InChI=1S/C9H16O4Si/c1-5-6-9(10)7-8-14(11-2,12-3)13-4/h5-8H,1-4H3. The summed E-state index contributed by atoms with van der Waals surface area (Å²) < 4.78 is 15.3. The summed E-state index contributed by atoms with van der Waals surface area (Å²) >= 11 is 0. The molecular weight excluding hydrogens is 200 g/mol. The van der Waals surface area contributed by atoms with E-state index in [-0.39, 0.29) is 5.78 Å². The average Bonchev–Trinajstić information content (AvgIpc) is 2.21.